The molecule has 0 aromatic rings. The second-order valence-electron chi connectivity index (χ2n) is 15.3. The molecule has 0 saturated heterocycles. The van der Waals surface area contributed by atoms with Crippen molar-refractivity contribution in [2.75, 3.05) is 6.61 Å². The molecule has 48 heavy (non-hydrogen) atoms. The minimum Gasteiger partial charge on any atom is -0.481 e. The van der Waals surface area contributed by atoms with Gasteiger partial charge in [0.25, 0.3) is 0 Å². The van der Waals surface area contributed by atoms with Crippen molar-refractivity contribution < 1.29 is 19.4 Å². The second-order valence-corrected chi connectivity index (χ2v) is 15.3. The minimum absolute atomic E-state index is 0.133. The number of carbonyl (C=O) groups is 2. The van der Waals surface area contributed by atoms with E-state index in [2.05, 4.69) is 13.8 Å². The molecule has 0 aliphatic heterocycles. The largest absolute Gasteiger partial charge is 0.481 e. The van der Waals surface area contributed by atoms with Crippen LogP contribution in [0.15, 0.2) is 0 Å². The monoisotopic (exact) mass is 679 g/mol. The van der Waals surface area contributed by atoms with Crippen LogP contribution in [-0.4, -0.2) is 23.7 Å². The smallest absolute Gasteiger partial charge is 0.305 e. The number of unbranched alkanes of at least 4 members (excludes halogenated alkanes) is 31. The fraction of sp³-hybridized carbons (Fsp3) is 0.955. The van der Waals surface area contributed by atoms with Crippen LogP contribution >= 0.6 is 0 Å². The van der Waals surface area contributed by atoms with Crippen LogP contribution in [-0.2, 0) is 14.3 Å². The summed E-state index contributed by atoms with van der Waals surface area (Å²) < 4.78 is 5.68. The summed E-state index contributed by atoms with van der Waals surface area (Å²) >= 11 is 0. The van der Waals surface area contributed by atoms with Gasteiger partial charge in [-0.1, -0.05) is 219 Å². The van der Waals surface area contributed by atoms with Crippen molar-refractivity contribution in [3.63, 3.8) is 0 Å². The van der Waals surface area contributed by atoms with E-state index in [0.29, 0.717) is 31.8 Å². The highest BCUT2D eigenvalue weighted by Crippen LogP contribution is 2.21. The molecule has 0 rings (SSSR count). The first-order valence-electron chi connectivity index (χ1n) is 22.0. The average molecular weight is 679 g/mol. The van der Waals surface area contributed by atoms with E-state index in [0.717, 1.165) is 0 Å². The minimum atomic E-state index is -0.791. The zero-order valence-electron chi connectivity index (χ0n) is 32.8. The number of ether oxygens (including phenoxy) is 1. The summed E-state index contributed by atoms with van der Waals surface area (Å²) in [6, 6.07) is 0. The van der Waals surface area contributed by atoms with Crippen molar-refractivity contribution in [3.05, 3.63) is 0 Å². The molecule has 0 fully saturated rings. The Morgan fingerprint density at radius 3 is 0.958 bits per heavy atom. The number of carbonyl (C=O) groups excluding carboxylic acids is 1. The van der Waals surface area contributed by atoms with Crippen molar-refractivity contribution in [1.82, 2.24) is 0 Å². The van der Waals surface area contributed by atoms with Gasteiger partial charge in [0.1, 0.15) is 0 Å². The normalized spacial score (nSPS) is 12.0. The average Bonchev–Trinajstić information content (AvgIpc) is 3.08. The van der Waals surface area contributed by atoms with E-state index in [1.54, 1.807) is 0 Å². The molecule has 0 spiro atoms. The Hall–Kier alpha value is -1.06. The number of carboxylic acids is 1. The maximum absolute atomic E-state index is 12.3. The van der Waals surface area contributed by atoms with E-state index in [1.165, 1.54) is 218 Å². The van der Waals surface area contributed by atoms with Gasteiger partial charge in [-0.05, 0) is 31.6 Å². The van der Waals surface area contributed by atoms with Gasteiger partial charge in [0, 0.05) is 12.8 Å². The SMILES string of the molecule is CCCCCCCCCCCCCCCCCCCCC(CCCCCCCCCCCCCCCC)COC(=O)CCCCC(=O)O. The predicted octanol–water partition coefficient (Wildman–Crippen LogP) is 15.1. The van der Waals surface area contributed by atoms with Crippen molar-refractivity contribution in [3.8, 4) is 0 Å². The molecule has 4 nitrogen and oxygen atoms in total. The van der Waals surface area contributed by atoms with E-state index in [9.17, 15) is 9.59 Å². The first-order chi connectivity index (χ1) is 23.6. The molecule has 0 aromatic carbocycles. The van der Waals surface area contributed by atoms with Crippen LogP contribution in [0.2, 0.25) is 0 Å². The lowest BCUT2D eigenvalue weighted by atomic mass is 9.94. The number of esters is 1. The molecule has 0 radical (unpaired) electrons. The molecule has 0 bridgehead atoms. The fourth-order valence-electron chi connectivity index (χ4n) is 7.10. The molecule has 1 N–H and O–H groups in total. The molecule has 0 aromatic heterocycles. The Balaban J connectivity index is 3.92. The summed E-state index contributed by atoms with van der Waals surface area (Å²) in [5, 5.41) is 8.81. The molecule has 0 heterocycles. The molecule has 0 saturated carbocycles. The topological polar surface area (TPSA) is 63.6 Å². The lowest BCUT2D eigenvalue weighted by Gasteiger charge is -2.17. The highest BCUT2D eigenvalue weighted by atomic mass is 16.5. The van der Waals surface area contributed by atoms with Crippen LogP contribution in [0.4, 0.5) is 0 Å². The van der Waals surface area contributed by atoms with E-state index in [1.807, 2.05) is 0 Å². The Morgan fingerprint density at radius 2 is 0.667 bits per heavy atom. The number of aliphatic carboxylic acids is 1. The lowest BCUT2D eigenvalue weighted by molar-refractivity contribution is -0.145. The zero-order chi connectivity index (χ0) is 35.0. The van der Waals surface area contributed by atoms with Gasteiger partial charge in [0.05, 0.1) is 6.61 Å². The third-order valence-electron chi connectivity index (χ3n) is 10.4. The zero-order valence-corrected chi connectivity index (χ0v) is 32.8. The number of hydrogen-bond acceptors (Lipinski definition) is 3. The van der Waals surface area contributed by atoms with E-state index >= 15 is 0 Å². The molecule has 0 amide bonds. The van der Waals surface area contributed by atoms with Crippen LogP contribution in [0.3, 0.4) is 0 Å². The Morgan fingerprint density at radius 1 is 0.396 bits per heavy atom. The third kappa shape index (κ3) is 39.4. The summed E-state index contributed by atoms with van der Waals surface area (Å²) in [5.41, 5.74) is 0. The summed E-state index contributed by atoms with van der Waals surface area (Å²) in [5.74, 6) is -0.462. The lowest BCUT2D eigenvalue weighted by Crippen LogP contribution is -2.14. The molecule has 1 unspecified atom stereocenters. The fourth-order valence-corrected chi connectivity index (χ4v) is 7.10. The molecular formula is C44H86O4. The van der Waals surface area contributed by atoms with Gasteiger partial charge in [-0.2, -0.15) is 0 Å². The van der Waals surface area contributed by atoms with E-state index < -0.39 is 5.97 Å². The van der Waals surface area contributed by atoms with Gasteiger partial charge < -0.3 is 9.84 Å². The second kappa shape index (κ2) is 40.4. The molecule has 4 heteroatoms. The molecule has 286 valence electrons. The summed E-state index contributed by atoms with van der Waals surface area (Å²) in [4.78, 5) is 23.0. The van der Waals surface area contributed by atoms with Crippen molar-refractivity contribution in [1.29, 1.82) is 0 Å². The standard InChI is InChI=1S/C44H86O4/c1-3-5-7-9-11-13-15-17-19-20-21-22-24-26-28-30-32-34-38-42(41-48-44(47)40-36-35-39-43(45)46)37-33-31-29-27-25-23-18-16-14-12-10-8-6-4-2/h42H,3-41H2,1-2H3,(H,45,46). The first kappa shape index (κ1) is 46.9. The number of rotatable bonds is 41. The number of carboxylic acid groups (broad SMARTS) is 1. The Labute approximate surface area is 301 Å². The first-order valence-corrected chi connectivity index (χ1v) is 22.0. The summed E-state index contributed by atoms with van der Waals surface area (Å²) in [6.45, 7) is 5.13. The van der Waals surface area contributed by atoms with Gasteiger partial charge >= 0.3 is 11.9 Å². The maximum Gasteiger partial charge on any atom is 0.305 e. The van der Waals surface area contributed by atoms with Gasteiger partial charge in [-0.3, -0.25) is 9.59 Å². The number of hydrogen-bond donors (Lipinski definition) is 1. The van der Waals surface area contributed by atoms with Crippen LogP contribution in [0, 0.1) is 5.92 Å². The third-order valence-corrected chi connectivity index (χ3v) is 10.4. The van der Waals surface area contributed by atoms with Crippen molar-refractivity contribution in [2.24, 2.45) is 5.92 Å². The molecule has 0 aliphatic rings. The predicted molar refractivity (Wildman–Crippen MR) is 209 cm³/mol. The van der Waals surface area contributed by atoms with Gasteiger partial charge in [-0.15, -0.1) is 0 Å². The van der Waals surface area contributed by atoms with E-state index in [4.69, 9.17) is 9.84 Å². The van der Waals surface area contributed by atoms with Crippen LogP contribution in [0.5, 0.6) is 0 Å². The highest BCUT2D eigenvalue weighted by molar-refractivity contribution is 5.69. The summed E-state index contributed by atoms with van der Waals surface area (Å²) in [6.07, 6.45) is 48.5. The van der Waals surface area contributed by atoms with Crippen LogP contribution < -0.4 is 0 Å². The quantitative estimate of drug-likeness (QED) is 0.0516. The summed E-state index contributed by atoms with van der Waals surface area (Å²) in [7, 11) is 0. The van der Waals surface area contributed by atoms with Crippen LogP contribution in [0.25, 0.3) is 0 Å². The Kier molecular flexibility index (Phi) is 39.5. The van der Waals surface area contributed by atoms with Gasteiger partial charge in [-0.25, -0.2) is 0 Å². The van der Waals surface area contributed by atoms with Crippen molar-refractivity contribution >= 4 is 11.9 Å². The Bertz CT molecular complexity index is 648. The molecule has 1 atom stereocenters. The maximum atomic E-state index is 12.3. The molecular weight excluding hydrogens is 592 g/mol. The van der Waals surface area contributed by atoms with Crippen LogP contribution in [0.1, 0.15) is 258 Å². The van der Waals surface area contributed by atoms with E-state index in [-0.39, 0.29) is 12.4 Å². The van der Waals surface area contributed by atoms with Gasteiger partial charge in [0.15, 0.2) is 0 Å². The molecule has 0 aliphatic carbocycles. The highest BCUT2D eigenvalue weighted by Gasteiger charge is 2.13. The van der Waals surface area contributed by atoms with Crippen molar-refractivity contribution in [2.45, 2.75) is 258 Å². The van der Waals surface area contributed by atoms with Gasteiger partial charge in [0.2, 0.25) is 0 Å².